The van der Waals surface area contributed by atoms with Crippen LogP contribution < -0.4 is 10.5 Å². The number of benzene rings is 2. The summed E-state index contributed by atoms with van der Waals surface area (Å²) in [4.78, 5) is 9.19. The van der Waals surface area contributed by atoms with E-state index < -0.39 is 0 Å². The molecule has 1 atom stereocenters. The van der Waals surface area contributed by atoms with E-state index in [9.17, 15) is 0 Å². The highest BCUT2D eigenvalue weighted by atomic mass is 16.5. The van der Waals surface area contributed by atoms with Crippen molar-refractivity contribution in [1.29, 1.82) is 0 Å². The van der Waals surface area contributed by atoms with Gasteiger partial charge in [-0.2, -0.15) is 9.97 Å². The van der Waals surface area contributed by atoms with Gasteiger partial charge in [-0.15, -0.1) is 0 Å². The first kappa shape index (κ1) is 14.9. The molecule has 4 heteroatoms. The zero-order chi connectivity index (χ0) is 16.7. The summed E-state index contributed by atoms with van der Waals surface area (Å²) in [7, 11) is 1.61. The number of aromatic nitrogens is 2. The molecule has 1 aliphatic rings. The third-order valence-electron chi connectivity index (χ3n) is 4.82. The van der Waals surface area contributed by atoms with Crippen molar-refractivity contribution in [2.75, 3.05) is 12.8 Å². The van der Waals surface area contributed by atoms with Gasteiger partial charge in [-0.25, -0.2) is 0 Å². The molecule has 0 aliphatic heterocycles. The van der Waals surface area contributed by atoms with Crippen LogP contribution in [0.25, 0.3) is 10.9 Å². The van der Waals surface area contributed by atoms with Gasteiger partial charge in [0.15, 0.2) is 0 Å². The highest BCUT2D eigenvalue weighted by Gasteiger charge is 2.27. The predicted molar refractivity (Wildman–Crippen MR) is 96.4 cm³/mol. The van der Waals surface area contributed by atoms with Crippen molar-refractivity contribution >= 4 is 16.6 Å². The summed E-state index contributed by atoms with van der Waals surface area (Å²) in [5, 5.41) is 1.01. The zero-order valence-electron chi connectivity index (χ0n) is 14.0. The molecule has 3 aromatic rings. The second kappa shape index (κ2) is 5.78. The molecule has 122 valence electrons. The van der Waals surface area contributed by atoms with Crippen LogP contribution >= 0.6 is 0 Å². The lowest BCUT2D eigenvalue weighted by Gasteiger charge is -2.16. The van der Waals surface area contributed by atoms with Gasteiger partial charge in [0.2, 0.25) is 0 Å². The Labute approximate surface area is 141 Å². The van der Waals surface area contributed by atoms with E-state index in [1.807, 2.05) is 24.3 Å². The van der Waals surface area contributed by atoms with E-state index in [1.54, 1.807) is 7.11 Å². The van der Waals surface area contributed by atoms with E-state index in [4.69, 9.17) is 10.5 Å². The monoisotopic (exact) mass is 319 g/mol. The molecule has 0 amide bonds. The fourth-order valence-corrected chi connectivity index (χ4v) is 3.28. The largest absolute Gasteiger partial charge is 0.467 e. The summed E-state index contributed by atoms with van der Waals surface area (Å²) in [6, 6.07) is 14.9. The van der Waals surface area contributed by atoms with E-state index >= 15 is 0 Å². The Morgan fingerprint density at radius 3 is 2.54 bits per heavy atom. The molecule has 0 bridgehead atoms. The molecular weight excluding hydrogens is 298 g/mol. The lowest BCUT2D eigenvalue weighted by Crippen LogP contribution is -2.05. The first-order chi connectivity index (χ1) is 11.7. The molecule has 1 heterocycles. The molecule has 4 rings (SSSR count). The molecule has 1 fully saturated rings. The number of hydrogen-bond donors (Lipinski definition) is 1. The van der Waals surface area contributed by atoms with Crippen molar-refractivity contribution in [1.82, 2.24) is 9.97 Å². The summed E-state index contributed by atoms with van der Waals surface area (Å²) in [5.74, 6) is 0.724. The van der Waals surface area contributed by atoms with Crippen LogP contribution in [0.2, 0.25) is 0 Å². The van der Waals surface area contributed by atoms with Crippen LogP contribution in [-0.2, 0) is 0 Å². The van der Waals surface area contributed by atoms with Gasteiger partial charge in [-0.05, 0) is 42.0 Å². The summed E-state index contributed by atoms with van der Waals surface area (Å²) in [6.45, 7) is 2.15. The summed E-state index contributed by atoms with van der Waals surface area (Å²) in [6.07, 6.45) is 2.43. The number of hydrogen-bond acceptors (Lipinski definition) is 4. The van der Waals surface area contributed by atoms with E-state index in [2.05, 4.69) is 35.1 Å². The van der Waals surface area contributed by atoms with E-state index in [-0.39, 0.29) is 5.92 Å². The van der Waals surface area contributed by atoms with Crippen molar-refractivity contribution in [3.05, 3.63) is 59.3 Å². The summed E-state index contributed by atoms with van der Waals surface area (Å²) < 4.78 is 5.34. The molecule has 1 aliphatic carbocycles. The first-order valence-corrected chi connectivity index (χ1v) is 8.37. The van der Waals surface area contributed by atoms with Crippen LogP contribution in [-0.4, -0.2) is 17.1 Å². The Hall–Kier alpha value is -2.62. The maximum absolute atomic E-state index is 6.32. The van der Waals surface area contributed by atoms with Crippen LogP contribution in [0.5, 0.6) is 6.01 Å². The molecule has 4 nitrogen and oxygen atoms in total. The topological polar surface area (TPSA) is 61.0 Å². The molecule has 0 saturated heterocycles. The second-order valence-electron chi connectivity index (χ2n) is 6.50. The minimum atomic E-state index is 0.136. The smallest absolute Gasteiger partial charge is 0.316 e. The third-order valence-corrected chi connectivity index (χ3v) is 4.82. The quantitative estimate of drug-likeness (QED) is 0.730. The molecule has 1 saturated carbocycles. The Kier molecular flexibility index (Phi) is 3.60. The van der Waals surface area contributed by atoms with Gasteiger partial charge in [0.05, 0.1) is 18.3 Å². The number of methoxy groups -OCH3 is 1. The highest BCUT2D eigenvalue weighted by molar-refractivity contribution is 5.87. The normalized spacial score (nSPS) is 15.4. The van der Waals surface area contributed by atoms with Crippen molar-refractivity contribution in [3.8, 4) is 6.01 Å². The second-order valence-corrected chi connectivity index (χ2v) is 6.50. The van der Waals surface area contributed by atoms with Crippen molar-refractivity contribution in [3.63, 3.8) is 0 Å². The Morgan fingerprint density at radius 2 is 1.88 bits per heavy atom. The van der Waals surface area contributed by atoms with Gasteiger partial charge in [-0.1, -0.05) is 37.3 Å². The van der Waals surface area contributed by atoms with Crippen molar-refractivity contribution in [2.24, 2.45) is 0 Å². The van der Waals surface area contributed by atoms with Crippen LogP contribution in [0.1, 0.15) is 48.4 Å². The number of nitrogens with zero attached hydrogens (tertiary/aromatic N) is 2. The lowest BCUT2D eigenvalue weighted by molar-refractivity contribution is 0.380. The number of fused-ring (bicyclic) bond motifs is 1. The van der Waals surface area contributed by atoms with Gasteiger partial charge in [0.1, 0.15) is 0 Å². The number of anilines is 1. The standard InChI is InChI=1S/C20H21N3O/c1-12(13-6-4-3-5-7-13)19-16-10-17(21)15(14-8-9-14)11-18(16)22-20(23-19)24-2/h3-7,10-12,14H,8-9,21H2,1-2H3. The molecule has 0 spiro atoms. The molecule has 24 heavy (non-hydrogen) atoms. The van der Waals surface area contributed by atoms with Crippen molar-refractivity contribution < 1.29 is 4.74 Å². The third kappa shape index (κ3) is 2.58. The van der Waals surface area contributed by atoms with Gasteiger partial charge >= 0.3 is 6.01 Å². The predicted octanol–water partition coefficient (Wildman–Crippen LogP) is 4.25. The Balaban J connectivity index is 1.91. The maximum Gasteiger partial charge on any atom is 0.316 e. The maximum atomic E-state index is 6.32. The number of nitrogens with two attached hydrogens (primary N) is 1. The molecular formula is C20H21N3O. The lowest BCUT2D eigenvalue weighted by atomic mass is 9.93. The number of ether oxygens (including phenoxy) is 1. The SMILES string of the molecule is COc1nc(C(C)c2ccccc2)c2cc(N)c(C3CC3)cc2n1. The van der Waals surface area contributed by atoms with Gasteiger partial charge in [-0.3, -0.25) is 0 Å². The fourth-order valence-electron chi connectivity index (χ4n) is 3.28. The van der Waals surface area contributed by atoms with Crippen LogP contribution in [0.15, 0.2) is 42.5 Å². The molecule has 2 N–H and O–H groups in total. The van der Waals surface area contributed by atoms with Crippen LogP contribution in [0, 0.1) is 0 Å². The molecule has 0 radical (unpaired) electrons. The highest BCUT2D eigenvalue weighted by Crippen LogP contribution is 2.44. The van der Waals surface area contributed by atoms with Gasteiger partial charge in [0.25, 0.3) is 0 Å². The molecule has 2 aromatic carbocycles. The Morgan fingerprint density at radius 1 is 1.12 bits per heavy atom. The number of rotatable bonds is 4. The molecule has 1 unspecified atom stereocenters. The average Bonchev–Trinajstić information content (AvgIpc) is 3.45. The van der Waals surface area contributed by atoms with Gasteiger partial charge < -0.3 is 10.5 Å². The fraction of sp³-hybridized carbons (Fsp3) is 0.300. The number of nitrogen functional groups attached to an aromatic ring is 1. The van der Waals surface area contributed by atoms with Gasteiger partial charge in [0, 0.05) is 17.0 Å². The van der Waals surface area contributed by atoms with E-state index in [0.717, 1.165) is 22.3 Å². The van der Waals surface area contributed by atoms with Crippen LogP contribution in [0.4, 0.5) is 5.69 Å². The van der Waals surface area contributed by atoms with Crippen molar-refractivity contribution in [2.45, 2.75) is 31.6 Å². The average molecular weight is 319 g/mol. The minimum Gasteiger partial charge on any atom is -0.467 e. The van der Waals surface area contributed by atoms with E-state index in [0.29, 0.717) is 11.9 Å². The van der Waals surface area contributed by atoms with E-state index in [1.165, 1.54) is 24.0 Å². The van der Waals surface area contributed by atoms with Crippen LogP contribution in [0.3, 0.4) is 0 Å². The first-order valence-electron chi connectivity index (χ1n) is 8.37. The summed E-state index contributed by atoms with van der Waals surface area (Å²) in [5.41, 5.74) is 11.5. The zero-order valence-corrected chi connectivity index (χ0v) is 14.0. The molecule has 1 aromatic heterocycles. The minimum absolute atomic E-state index is 0.136. The Bertz CT molecular complexity index is 888. The summed E-state index contributed by atoms with van der Waals surface area (Å²) >= 11 is 0.